The molecular weight excluding hydrogens is 214 g/mol. The Labute approximate surface area is 103 Å². The third-order valence-corrected chi connectivity index (χ3v) is 3.27. The fourth-order valence-corrected chi connectivity index (χ4v) is 2.43. The molecule has 2 heterocycles. The molecule has 2 rings (SSSR count). The summed E-state index contributed by atoms with van der Waals surface area (Å²) in [7, 11) is 0. The molecule has 0 aliphatic carbocycles. The van der Waals surface area contributed by atoms with Crippen molar-refractivity contribution >= 4 is 0 Å². The summed E-state index contributed by atoms with van der Waals surface area (Å²) in [6.07, 6.45) is 6.84. The van der Waals surface area contributed by atoms with E-state index in [2.05, 4.69) is 29.1 Å². The number of aromatic nitrogens is 2. The van der Waals surface area contributed by atoms with E-state index in [-0.39, 0.29) is 0 Å². The topological polar surface area (TPSA) is 47.0 Å². The minimum Gasteiger partial charge on any atom is -0.378 e. The highest BCUT2D eigenvalue weighted by Crippen LogP contribution is 2.26. The molecule has 4 nitrogen and oxygen atoms in total. The van der Waals surface area contributed by atoms with Gasteiger partial charge in [-0.3, -0.25) is 0 Å². The van der Waals surface area contributed by atoms with Crippen LogP contribution in [-0.4, -0.2) is 29.2 Å². The number of ether oxygens (including phenoxy) is 1. The summed E-state index contributed by atoms with van der Waals surface area (Å²) in [4.78, 5) is 8.00. The SMILES string of the molecule is CC(C)[C@H]1OCC[C@@H]1CNCc1cncnc1. The van der Waals surface area contributed by atoms with Crippen molar-refractivity contribution in [2.45, 2.75) is 32.9 Å². The molecule has 1 fully saturated rings. The Balaban J connectivity index is 1.75. The fourth-order valence-electron chi connectivity index (χ4n) is 2.43. The Bertz CT molecular complexity index is 329. The molecule has 1 aromatic heterocycles. The molecule has 1 aromatic rings. The molecular formula is C13H21N3O. The van der Waals surface area contributed by atoms with Crippen LogP contribution in [0, 0.1) is 11.8 Å². The highest BCUT2D eigenvalue weighted by atomic mass is 16.5. The summed E-state index contributed by atoms with van der Waals surface area (Å²) in [6.45, 7) is 7.21. The normalized spacial score (nSPS) is 24.4. The largest absolute Gasteiger partial charge is 0.378 e. The molecule has 0 unspecified atom stereocenters. The van der Waals surface area contributed by atoms with Gasteiger partial charge in [-0.25, -0.2) is 9.97 Å². The van der Waals surface area contributed by atoms with Gasteiger partial charge in [-0.2, -0.15) is 0 Å². The van der Waals surface area contributed by atoms with E-state index in [1.165, 1.54) is 6.42 Å². The molecule has 94 valence electrons. The Morgan fingerprint density at radius 1 is 1.41 bits per heavy atom. The first kappa shape index (κ1) is 12.5. The smallest absolute Gasteiger partial charge is 0.115 e. The van der Waals surface area contributed by atoms with Crippen molar-refractivity contribution in [2.75, 3.05) is 13.2 Å². The summed E-state index contributed by atoms with van der Waals surface area (Å²) in [6, 6.07) is 0. The predicted molar refractivity (Wildman–Crippen MR) is 66.4 cm³/mol. The molecule has 0 bridgehead atoms. The van der Waals surface area contributed by atoms with Crippen LogP contribution in [-0.2, 0) is 11.3 Å². The standard InChI is InChI=1S/C13H21N3O/c1-10(2)13-12(3-4-17-13)8-14-5-11-6-15-9-16-7-11/h6-7,9-10,12-14H,3-5,8H2,1-2H3/t12-,13-/m1/s1. The zero-order valence-corrected chi connectivity index (χ0v) is 10.6. The van der Waals surface area contributed by atoms with Gasteiger partial charge in [0.25, 0.3) is 0 Å². The maximum Gasteiger partial charge on any atom is 0.115 e. The quantitative estimate of drug-likeness (QED) is 0.842. The van der Waals surface area contributed by atoms with Gasteiger partial charge in [-0.1, -0.05) is 13.8 Å². The fraction of sp³-hybridized carbons (Fsp3) is 0.692. The second-order valence-corrected chi connectivity index (χ2v) is 5.01. The van der Waals surface area contributed by atoms with E-state index in [9.17, 15) is 0 Å². The third kappa shape index (κ3) is 3.48. The van der Waals surface area contributed by atoms with Gasteiger partial charge in [0.1, 0.15) is 6.33 Å². The summed E-state index contributed by atoms with van der Waals surface area (Å²) in [5, 5.41) is 3.47. The van der Waals surface area contributed by atoms with Gasteiger partial charge >= 0.3 is 0 Å². The lowest BCUT2D eigenvalue weighted by Gasteiger charge is -2.22. The molecule has 4 heteroatoms. The molecule has 0 spiro atoms. The van der Waals surface area contributed by atoms with Crippen LogP contribution in [0.1, 0.15) is 25.8 Å². The summed E-state index contributed by atoms with van der Waals surface area (Å²) >= 11 is 0. The molecule has 0 amide bonds. The molecule has 1 saturated heterocycles. The average Bonchev–Trinajstić information content (AvgIpc) is 2.79. The second-order valence-electron chi connectivity index (χ2n) is 5.01. The van der Waals surface area contributed by atoms with Crippen LogP contribution in [0.3, 0.4) is 0 Å². The van der Waals surface area contributed by atoms with Crippen molar-refractivity contribution in [1.82, 2.24) is 15.3 Å². The molecule has 1 N–H and O–H groups in total. The maximum absolute atomic E-state index is 5.77. The maximum atomic E-state index is 5.77. The lowest BCUT2D eigenvalue weighted by molar-refractivity contribution is 0.0539. The van der Waals surface area contributed by atoms with Gasteiger partial charge in [0.05, 0.1) is 6.10 Å². The Morgan fingerprint density at radius 2 is 2.18 bits per heavy atom. The minimum absolute atomic E-state index is 0.412. The van der Waals surface area contributed by atoms with Crippen molar-refractivity contribution < 1.29 is 4.74 Å². The van der Waals surface area contributed by atoms with Gasteiger partial charge in [-0.15, -0.1) is 0 Å². The highest BCUT2D eigenvalue weighted by molar-refractivity contribution is 5.01. The monoisotopic (exact) mass is 235 g/mol. The first-order chi connectivity index (χ1) is 8.27. The van der Waals surface area contributed by atoms with Crippen molar-refractivity contribution in [3.05, 3.63) is 24.3 Å². The van der Waals surface area contributed by atoms with E-state index < -0.39 is 0 Å². The molecule has 17 heavy (non-hydrogen) atoms. The number of nitrogens with zero attached hydrogens (tertiary/aromatic N) is 2. The van der Waals surface area contributed by atoms with Crippen molar-refractivity contribution in [1.29, 1.82) is 0 Å². The van der Waals surface area contributed by atoms with Crippen LogP contribution in [0.5, 0.6) is 0 Å². The summed E-state index contributed by atoms with van der Waals surface area (Å²) < 4.78 is 5.77. The van der Waals surface area contributed by atoms with E-state index in [0.29, 0.717) is 17.9 Å². The highest BCUT2D eigenvalue weighted by Gasteiger charge is 2.29. The Hall–Kier alpha value is -1.00. The van der Waals surface area contributed by atoms with Crippen LogP contribution < -0.4 is 5.32 Å². The van der Waals surface area contributed by atoms with Crippen LogP contribution in [0.2, 0.25) is 0 Å². The Kier molecular flexibility index (Phi) is 4.45. The summed E-state index contributed by atoms with van der Waals surface area (Å²) in [5.74, 6) is 1.24. The molecule has 1 aliphatic heterocycles. The predicted octanol–water partition coefficient (Wildman–Crippen LogP) is 1.63. The lowest BCUT2D eigenvalue weighted by atomic mass is 9.93. The van der Waals surface area contributed by atoms with Crippen LogP contribution in [0.4, 0.5) is 0 Å². The molecule has 0 aromatic carbocycles. The van der Waals surface area contributed by atoms with Crippen LogP contribution in [0.15, 0.2) is 18.7 Å². The van der Waals surface area contributed by atoms with E-state index in [1.807, 2.05) is 12.4 Å². The second kappa shape index (κ2) is 6.07. The molecule has 1 aliphatic rings. The number of hydrogen-bond acceptors (Lipinski definition) is 4. The Morgan fingerprint density at radius 3 is 2.88 bits per heavy atom. The van der Waals surface area contributed by atoms with E-state index >= 15 is 0 Å². The van der Waals surface area contributed by atoms with Crippen LogP contribution >= 0.6 is 0 Å². The first-order valence-electron chi connectivity index (χ1n) is 6.33. The van der Waals surface area contributed by atoms with Gasteiger partial charge in [0.2, 0.25) is 0 Å². The summed E-state index contributed by atoms with van der Waals surface area (Å²) in [5.41, 5.74) is 1.13. The van der Waals surface area contributed by atoms with Crippen molar-refractivity contribution in [3.8, 4) is 0 Å². The minimum atomic E-state index is 0.412. The van der Waals surface area contributed by atoms with Gasteiger partial charge in [0, 0.05) is 37.7 Å². The lowest BCUT2D eigenvalue weighted by Crippen LogP contribution is -2.31. The first-order valence-corrected chi connectivity index (χ1v) is 6.33. The number of rotatable bonds is 5. The van der Waals surface area contributed by atoms with E-state index in [4.69, 9.17) is 4.74 Å². The zero-order chi connectivity index (χ0) is 12.1. The average molecular weight is 235 g/mol. The van der Waals surface area contributed by atoms with E-state index in [0.717, 1.165) is 25.3 Å². The van der Waals surface area contributed by atoms with Gasteiger partial charge in [-0.05, 0) is 18.3 Å². The third-order valence-electron chi connectivity index (χ3n) is 3.27. The molecule has 0 saturated carbocycles. The van der Waals surface area contributed by atoms with Crippen molar-refractivity contribution in [3.63, 3.8) is 0 Å². The number of nitrogens with one attached hydrogen (secondary N) is 1. The molecule has 0 radical (unpaired) electrons. The number of hydrogen-bond donors (Lipinski definition) is 1. The van der Waals surface area contributed by atoms with E-state index in [1.54, 1.807) is 6.33 Å². The van der Waals surface area contributed by atoms with Crippen molar-refractivity contribution in [2.24, 2.45) is 11.8 Å². The van der Waals surface area contributed by atoms with Gasteiger partial charge < -0.3 is 10.1 Å². The van der Waals surface area contributed by atoms with Crippen LogP contribution in [0.25, 0.3) is 0 Å². The molecule has 2 atom stereocenters. The van der Waals surface area contributed by atoms with Gasteiger partial charge in [0.15, 0.2) is 0 Å². The zero-order valence-electron chi connectivity index (χ0n) is 10.6.